The van der Waals surface area contributed by atoms with Gasteiger partial charge in [-0.15, -0.1) is 0 Å². The number of unbranched alkanes of at least 4 members (excludes halogenated alkanes) is 4. The van der Waals surface area contributed by atoms with Crippen molar-refractivity contribution in [3.63, 3.8) is 0 Å². The molecule has 3 rings (SSSR count). The van der Waals surface area contributed by atoms with E-state index in [1.165, 1.54) is 61.6 Å². The van der Waals surface area contributed by atoms with Crippen molar-refractivity contribution >= 4 is 0 Å². The van der Waals surface area contributed by atoms with Crippen molar-refractivity contribution in [3.8, 4) is 17.1 Å². The van der Waals surface area contributed by atoms with Crippen LogP contribution in [0, 0.1) is 0 Å². The van der Waals surface area contributed by atoms with Gasteiger partial charge in [0.15, 0.2) is 5.82 Å². The van der Waals surface area contributed by atoms with Crippen LogP contribution in [0.3, 0.4) is 0 Å². The Balaban J connectivity index is 1.48. The van der Waals surface area contributed by atoms with E-state index in [-0.39, 0.29) is 0 Å². The second kappa shape index (κ2) is 12.1. The van der Waals surface area contributed by atoms with Crippen LogP contribution in [0.15, 0.2) is 60.9 Å². The van der Waals surface area contributed by atoms with Crippen LogP contribution in [-0.4, -0.2) is 9.97 Å². The maximum atomic E-state index is 5.96. The Morgan fingerprint density at radius 1 is 0.633 bits per heavy atom. The Bertz CT molecular complexity index is 855. The van der Waals surface area contributed by atoms with Gasteiger partial charge in [-0.3, -0.25) is 0 Å². The molecule has 3 aromatic rings. The van der Waals surface area contributed by atoms with E-state index in [0.29, 0.717) is 6.61 Å². The van der Waals surface area contributed by atoms with Crippen LogP contribution in [-0.2, 0) is 19.4 Å². The predicted molar refractivity (Wildman–Crippen MR) is 125 cm³/mol. The van der Waals surface area contributed by atoms with Crippen molar-refractivity contribution < 1.29 is 4.74 Å². The molecule has 0 aliphatic carbocycles. The lowest BCUT2D eigenvalue weighted by atomic mass is 10.0. The number of nitrogens with zero attached hydrogens (tertiary/aromatic N) is 2. The molecular weight excluding hydrogens is 368 g/mol. The number of ether oxygens (including phenoxy) is 1. The van der Waals surface area contributed by atoms with Gasteiger partial charge in [0.25, 0.3) is 0 Å². The van der Waals surface area contributed by atoms with Crippen LogP contribution >= 0.6 is 0 Å². The average Bonchev–Trinajstić information content (AvgIpc) is 2.81. The fraction of sp³-hybridized carbons (Fsp3) is 0.407. The van der Waals surface area contributed by atoms with E-state index in [1.54, 1.807) is 0 Å². The molecule has 0 N–H and O–H groups in total. The molecule has 3 heteroatoms. The molecule has 0 fully saturated rings. The second-order valence-corrected chi connectivity index (χ2v) is 7.96. The zero-order valence-electron chi connectivity index (χ0n) is 18.4. The van der Waals surface area contributed by atoms with Crippen LogP contribution in [0.25, 0.3) is 11.4 Å². The summed E-state index contributed by atoms with van der Waals surface area (Å²) in [6.07, 6.45) is 13.7. The van der Waals surface area contributed by atoms with Gasteiger partial charge < -0.3 is 4.74 Å². The minimum atomic E-state index is 0.581. The van der Waals surface area contributed by atoms with E-state index in [2.05, 4.69) is 48.1 Å². The van der Waals surface area contributed by atoms with Gasteiger partial charge in [0.1, 0.15) is 12.4 Å². The summed E-state index contributed by atoms with van der Waals surface area (Å²) in [5, 5.41) is 0. The van der Waals surface area contributed by atoms with Gasteiger partial charge in [-0.25, -0.2) is 9.97 Å². The zero-order chi connectivity index (χ0) is 21.0. The summed E-state index contributed by atoms with van der Waals surface area (Å²) in [6.45, 7) is 5.03. The van der Waals surface area contributed by atoms with Crippen molar-refractivity contribution in [1.82, 2.24) is 9.97 Å². The Labute approximate surface area is 181 Å². The number of hydrogen-bond donors (Lipinski definition) is 0. The van der Waals surface area contributed by atoms with Gasteiger partial charge in [-0.05, 0) is 66.6 Å². The molecule has 0 aliphatic rings. The van der Waals surface area contributed by atoms with E-state index in [1.807, 2.05) is 36.7 Å². The zero-order valence-corrected chi connectivity index (χ0v) is 18.4. The number of aryl methyl sites for hydroxylation is 2. The summed E-state index contributed by atoms with van der Waals surface area (Å²) in [7, 11) is 0. The third kappa shape index (κ3) is 6.98. The van der Waals surface area contributed by atoms with Crippen molar-refractivity contribution in [1.29, 1.82) is 0 Å². The molecule has 30 heavy (non-hydrogen) atoms. The van der Waals surface area contributed by atoms with Crippen molar-refractivity contribution in [3.05, 3.63) is 77.6 Å². The van der Waals surface area contributed by atoms with Crippen molar-refractivity contribution in [2.75, 3.05) is 0 Å². The Kier molecular flexibility index (Phi) is 8.89. The first-order valence-corrected chi connectivity index (χ1v) is 11.4. The minimum absolute atomic E-state index is 0.581. The van der Waals surface area contributed by atoms with Gasteiger partial charge >= 0.3 is 0 Å². The lowest BCUT2D eigenvalue weighted by Gasteiger charge is -2.08. The highest BCUT2D eigenvalue weighted by Crippen LogP contribution is 2.20. The molecule has 0 spiro atoms. The van der Waals surface area contributed by atoms with Gasteiger partial charge in [-0.1, -0.05) is 63.8 Å². The summed E-state index contributed by atoms with van der Waals surface area (Å²) in [5.41, 5.74) is 4.83. The first-order valence-electron chi connectivity index (χ1n) is 11.4. The van der Waals surface area contributed by atoms with Crippen LogP contribution in [0.2, 0.25) is 0 Å². The second-order valence-electron chi connectivity index (χ2n) is 7.96. The van der Waals surface area contributed by atoms with Crippen LogP contribution in [0.4, 0.5) is 0 Å². The first-order chi connectivity index (χ1) is 14.8. The summed E-state index contributed by atoms with van der Waals surface area (Å²) in [6, 6.07) is 16.8. The fourth-order valence-corrected chi connectivity index (χ4v) is 3.44. The largest absolute Gasteiger partial charge is 0.489 e. The summed E-state index contributed by atoms with van der Waals surface area (Å²) in [4.78, 5) is 9.03. The molecule has 0 amide bonds. The van der Waals surface area contributed by atoms with Crippen molar-refractivity contribution in [2.45, 2.75) is 71.8 Å². The van der Waals surface area contributed by atoms with E-state index >= 15 is 0 Å². The average molecular weight is 403 g/mol. The van der Waals surface area contributed by atoms with Gasteiger partial charge in [0, 0.05) is 18.0 Å². The predicted octanol–water partition coefficient (Wildman–Crippen LogP) is 7.19. The lowest BCUT2D eigenvalue weighted by Crippen LogP contribution is -1.96. The van der Waals surface area contributed by atoms with E-state index in [9.17, 15) is 0 Å². The highest BCUT2D eigenvalue weighted by Gasteiger charge is 2.03. The molecule has 0 unspecified atom stereocenters. The SMILES string of the molecule is CCCCCCc1ccc(COc2ccc(-c3ncc(CCCC)cn3)cc2)cc1. The quantitative estimate of drug-likeness (QED) is 0.301. The van der Waals surface area contributed by atoms with Crippen LogP contribution in [0.1, 0.15) is 69.1 Å². The molecule has 0 radical (unpaired) electrons. The van der Waals surface area contributed by atoms with E-state index in [0.717, 1.165) is 23.6 Å². The number of hydrogen-bond acceptors (Lipinski definition) is 3. The fourth-order valence-electron chi connectivity index (χ4n) is 3.44. The maximum absolute atomic E-state index is 5.96. The monoisotopic (exact) mass is 402 g/mol. The van der Waals surface area contributed by atoms with Crippen LogP contribution in [0.5, 0.6) is 5.75 Å². The topological polar surface area (TPSA) is 35.0 Å². The molecule has 1 aromatic heterocycles. The molecule has 0 aliphatic heterocycles. The number of rotatable bonds is 12. The molecule has 1 heterocycles. The first kappa shape index (κ1) is 22.0. The third-order valence-electron chi connectivity index (χ3n) is 5.38. The lowest BCUT2D eigenvalue weighted by molar-refractivity contribution is 0.306. The minimum Gasteiger partial charge on any atom is -0.489 e. The molecule has 0 saturated carbocycles. The molecule has 0 saturated heterocycles. The normalized spacial score (nSPS) is 10.9. The smallest absolute Gasteiger partial charge is 0.159 e. The third-order valence-corrected chi connectivity index (χ3v) is 5.38. The van der Waals surface area contributed by atoms with Gasteiger partial charge in [0.05, 0.1) is 0 Å². The molecule has 3 nitrogen and oxygen atoms in total. The molecule has 0 bridgehead atoms. The Morgan fingerprint density at radius 3 is 1.93 bits per heavy atom. The highest BCUT2D eigenvalue weighted by molar-refractivity contribution is 5.55. The summed E-state index contributed by atoms with van der Waals surface area (Å²) in [5.74, 6) is 1.62. The Morgan fingerprint density at radius 2 is 1.27 bits per heavy atom. The molecule has 0 atom stereocenters. The Hall–Kier alpha value is -2.68. The molecular formula is C27H34N2O. The number of benzene rings is 2. The van der Waals surface area contributed by atoms with Crippen LogP contribution < -0.4 is 4.74 Å². The standard InChI is InChI=1S/C27H34N2O/c1-3-5-7-8-10-22-11-13-23(14-12-22)21-30-26-17-15-25(16-18-26)27-28-19-24(20-29-27)9-6-4-2/h11-20H,3-10,21H2,1-2H3. The molecule has 2 aromatic carbocycles. The maximum Gasteiger partial charge on any atom is 0.159 e. The molecule has 158 valence electrons. The van der Waals surface area contributed by atoms with E-state index < -0.39 is 0 Å². The highest BCUT2D eigenvalue weighted by atomic mass is 16.5. The number of aromatic nitrogens is 2. The van der Waals surface area contributed by atoms with Crippen molar-refractivity contribution in [2.24, 2.45) is 0 Å². The van der Waals surface area contributed by atoms with E-state index in [4.69, 9.17) is 4.74 Å². The summed E-state index contributed by atoms with van der Waals surface area (Å²) < 4.78 is 5.96. The van der Waals surface area contributed by atoms with Gasteiger partial charge in [0.2, 0.25) is 0 Å². The van der Waals surface area contributed by atoms with Gasteiger partial charge in [-0.2, -0.15) is 0 Å². The summed E-state index contributed by atoms with van der Waals surface area (Å²) >= 11 is 0.